The number of nitrogens with one attached hydrogen (secondary N) is 1. The standard InChI is InChI=1S/C13H14ClNO/c1-10-4-5-11(7-13(10)14)8-15-9-12-3-2-6-16-12/h2-7,15H,8-9H2,1H3. The van der Waals surface area contributed by atoms with Crippen molar-refractivity contribution in [2.75, 3.05) is 0 Å². The van der Waals surface area contributed by atoms with Crippen LogP contribution in [0.2, 0.25) is 5.02 Å². The highest BCUT2D eigenvalue weighted by molar-refractivity contribution is 6.31. The quantitative estimate of drug-likeness (QED) is 0.877. The molecule has 0 amide bonds. The molecule has 0 saturated heterocycles. The zero-order chi connectivity index (χ0) is 11.4. The summed E-state index contributed by atoms with van der Waals surface area (Å²) in [6.45, 7) is 3.53. The third kappa shape index (κ3) is 2.87. The third-order valence-electron chi connectivity index (χ3n) is 2.44. The highest BCUT2D eigenvalue weighted by Crippen LogP contribution is 2.16. The van der Waals surface area contributed by atoms with E-state index in [1.165, 1.54) is 5.56 Å². The van der Waals surface area contributed by atoms with E-state index in [1.54, 1.807) is 6.26 Å². The van der Waals surface area contributed by atoms with Gasteiger partial charge in [-0.1, -0.05) is 23.7 Å². The van der Waals surface area contributed by atoms with Gasteiger partial charge in [0.1, 0.15) is 5.76 Å². The molecule has 0 bridgehead atoms. The monoisotopic (exact) mass is 235 g/mol. The Bertz CT molecular complexity index is 451. The van der Waals surface area contributed by atoms with Crippen molar-refractivity contribution in [3.8, 4) is 0 Å². The van der Waals surface area contributed by atoms with Gasteiger partial charge in [0.15, 0.2) is 0 Å². The minimum Gasteiger partial charge on any atom is -0.468 e. The van der Waals surface area contributed by atoms with Crippen LogP contribution in [0.25, 0.3) is 0 Å². The van der Waals surface area contributed by atoms with Gasteiger partial charge in [-0.3, -0.25) is 0 Å². The van der Waals surface area contributed by atoms with E-state index in [4.69, 9.17) is 16.0 Å². The Hall–Kier alpha value is -1.25. The van der Waals surface area contributed by atoms with Crippen molar-refractivity contribution in [3.05, 3.63) is 58.5 Å². The maximum absolute atomic E-state index is 6.05. The van der Waals surface area contributed by atoms with Gasteiger partial charge in [0.25, 0.3) is 0 Å². The molecule has 2 rings (SSSR count). The molecule has 1 aromatic heterocycles. The molecule has 3 heteroatoms. The maximum Gasteiger partial charge on any atom is 0.117 e. The average molecular weight is 236 g/mol. The van der Waals surface area contributed by atoms with Crippen LogP contribution in [0.1, 0.15) is 16.9 Å². The number of hydrogen-bond donors (Lipinski definition) is 1. The van der Waals surface area contributed by atoms with Crippen LogP contribution >= 0.6 is 11.6 Å². The third-order valence-corrected chi connectivity index (χ3v) is 2.85. The first-order chi connectivity index (χ1) is 7.75. The Morgan fingerprint density at radius 2 is 2.12 bits per heavy atom. The first-order valence-electron chi connectivity index (χ1n) is 5.24. The molecule has 84 valence electrons. The van der Waals surface area contributed by atoms with E-state index in [0.717, 1.165) is 29.4 Å². The molecule has 2 aromatic rings. The van der Waals surface area contributed by atoms with E-state index >= 15 is 0 Å². The molecular formula is C13H14ClNO. The molecule has 0 aliphatic rings. The smallest absolute Gasteiger partial charge is 0.117 e. The zero-order valence-corrected chi connectivity index (χ0v) is 9.92. The molecule has 1 aromatic carbocycles. The van der Waals surface area contributed by atoms with E-state index in [-0.39, 0.29) is 0 Å². The van der Waals surface area contributed by atoms with Crippen LogP contribution in [-0.4, -0.2) is 0 Å². The fourth-order valence-electron chi connectivity index (χ4n) is 1.49. The number of furan rings is 1. The van der Waals surface area contributed by atoms with Crippen LogP contribution in [0, 0.1) is 6.92 Å². The first-order valence-corrected chi connectivity index (χ1v) is 5.61. The van der Waals surface area contributed by atoms with Crippen LogP contribution < -0.4 is 5.32 Å². The minimum atomic E-state index is 0.735. The lowest BCUT2D eigenvalue weighted by Gasteiger charge is -2.05. The molecule has 0 aliphatic heterocycles. The largest absolute Gasteiger partial charge is 0.468 e. The summed E-state index contributed by atoms with van der Waals surface area (Å²) >= 11 is 6.05. The highest BCUT2D eigenvalue weighted by Gasteiger charge is 1.99. The molecule has 16 heavy (non-hydrogen) atoms. The second kappa shape index (κ2) is 5.19. The Morgan fingerprint density at radius 3 is 2.81 bits per heavy atom. The van der Waals surface area contributed by atoms with Crippen molar-refractivity contribution < 1.29 is 4.42 Å². The summed E-state index contributed by atoms with van der Waals surface area (Å²) in [5.41, 5.74) is 2.29. The molecule has 0 saturated carbocycles. The predicted octanol–water partition coefficient (Wildman–Crippen LogP) is 3.53. The summed E-state index contributed by atoms with van der Waals surface area (Å²) in [6.07, 6.45) is 1.68. The van der Waals surface area contributed by atoms with Gasteiger partial charge in [0.05, 0.1) is 12.8 Å². The van der Waals surface area contributed by atoms with Gasteiger partial charge >= 0.3 is 0 Å². The van der Waals surface area contributed by atoms with E-state index in [2.05, 4.69) is 11.4 Å². The van der Waals surface area contributed by atoms with Crippen LogP contribution in [0.4, 0.5) is 0 Å². The topological polar surface area (TPSA) is 25.2 Å². The number of halogens is 1. The molecule has 0 radical (unpaired) electrons. The zero-order valence-electron chi connectivity index (χ0n) is 9.16. The van der Waals surface area contributed by atoms with Crippen LogP contribution in [-0.2, 0) is 13.1 Å². The van der Waals surface area contributed by atoms with Crippen LogP contribution in [0.15, 0.2) is 41.0 Å². The van der Waals surface area contributed by atoms with Gasteiger partial charge in [0, 0.05) is 11.6 Å². The molecule has 1 N–H and O–H groups in total. The maximum atomic E-state index is 6.05. The number of hydrogen-bond acceptors (Lipinski definition) is 2. The average Bonchev–Trinajstić information content (AvgIpc) is 2.76. The van der Waals surface area contributed by atoms with Crippen molar-refractivity contribution >= 4 is 11.6 Å². The summed E-state index contributed by atoms with van der Waals surface area (Å²) in [5.74, 6) is 0.943. The summed E-state index contributed by atoms with van der Waals surface area (Å²) < 4.78 is 5.23. The number of rotatable bonds is 4. The summed E-state index contributed by atoms with van der Waals surface area (Å²) in [6, 6.07) is 9.95. The van der Waals surface area contributed by atoms with Crippen molar-refractivity contribution in [2.45, 2.75) is 20.0 Å². The lowest BCUT2D eigenvalue weighted by atomic mass is 10.1. The second-order valence-corrected chi connectivity index (χ2v) is 4.17. The lowest BCUT2D eigenvalue weighted by molar-refractivity contribution is 0.483. The van der Waals surface area contributed by atoms with E-state index in [9.17, 15) is 0 Å². The summed E-state index contributed by atoms with van der Waals surface area (Å²) in [4.78, 5) is 0. The van der Waals surface area contributed by atoms with Gasteiger partial charge in [-0.15, -0.1) is 0 Å². The van der Waals surface area contributed by atoms with Gasteiger partial charge in [-0.2, -0.15) is 0 Å². The Balaban J connectivity index is 1.87. The number of aryl methyl sites for hydroxylation is 1. The van der Waals surface area contributed by atoms with Gasteiger partial charge in [-0.05, 0) is 36.2 Å². The van der Waals surface area contributed by atoms with Gasteiger partial charge in [0.2, 0.25) is 0 Å². The molecule has 0 spiro atoms. The molecule has 0 fully saturated rings. The van der Waals surface area contributed by atoms with Crippen molar-refractivity contribution in [1.29, 1.82) is 0 Å². The first kappa shape index (κ1) is 11.2. The molecule has 0 atom stereocenters. The van der Waals surface area contributed by atoms with E-state index in [0.29, 0.717) is 0 Å². The normalized spacial score (nSPS) is 10.6. The molecule has 1 heterocycles. The Labute approximate surface area is 100 Å². The van der Waals surface area contributed by atoms with Gasteiger partial charge < -0.3 is 9.73 Å². The summed E-state index contributed by atoms with van der Waals surface area (Å²) in [7, 11) is 0. The molecule has 0 aliphatic carbocycles. The minimum absolute atomic E-state index is 0.735. The fraction of sp³-hybridized carbons (Fsp3) is 0.231. The number of benzene rings is 1. The van der Waals surface area contributed by atoms with E-state index in [1.807, 2.05) is 31.2 Å². The Morgan fingerprint density at radius 1 is 1.25 bits per heavy atom. The summed E-state index contributed by atoms with van der Waals surface area (Å²) in [5, 5.41) is 4.12. The van der Waals surface area contributed by atoms with Gasteiger partial charge in [-0.25, -0.2) is 0 Å². The van der Waals surface area contributed by atoms with Crippen LogP contribution in [0.3, 0.4) is 0 Å². The van der Waals surface area contributed by atoms with Crippen molar-refractivity contribution in [2.24, 2.45) is 0 Å². The Kier molecular flexibility index (Phi) is 3.65. The lowest BCUT2D eigenvalue weighted by Crippen LogP contribution is -2.12. The van der Waals surface area contributed by atoms with E-state index < -0.39 is 0 Å². The second-order valence-electron chi connectivity index (χ2n) is 3.77. The van der Waals surface area contributed by atoms with Crippen molar-refractivity contribution in [1.82, 2.24) is 5.32 Å². The van der Waals surface area contributed by atoms with Crippen molar-refractivity contribution in [3.63, 3.8) is 0 Å². The molecule has 2 nitrogen and oxygen atoms in total. The molecular weight excluding hydrogens is 222 g/mol. The predicted molar refractivity (Wildman–Crippen MR) is 65.4 cm³/mol. The fourth-order valence-corrected chi connectivity index (χ4v) is 1.69. The SMILES string of the molecule is Cc1ccc(CNCc2ccco2)cc1Cl. The molecule has 0 unspecified atom stereocenters. The van der Waals surface area contributed by atoms with Crippen LogP contribution in [0.5, 0.6) is 0 Å². The highest BCUT2D eigenvalue weighted by atomic mass is 35.5.